The number of rotatable bonds is 2. The molecule has 0 aliphatic carbocycles. The van der Waals surface area contributed by atoms with E-state index in [1.165, 1.54) is 0 Å². The van der Waals surface area contributed by atoms with Crippen molar-refractivity contribution in [1.29, 1.82) is 0 Å². The van der Waals surface area contributed by atoms with Gasteiger partial charge in [-0.1, -0.05) is 6.07 Å². The Morgan fingerprint density at radius 3 is 2.82 bits per heavy atom. The molecule has 1 rings (SSSR count). The van der Waals surface area contributed by atoms with Crippen LogP contribution in [-0.2, 0) is 0 Å². The Labute approximate surface area is 67.4 Å². The van der Waals surface area contributed by atoms with Gasteiger partial charge < -0.3 is 11.1 Å². The topological polar surface area (TPSA) is 38.0 Å². The van der Waals surface area contributed by atoms with Gasteiger partial charge in [-0.15, -0.1) is 0 Å². The first-order valence-corrected chi connectivity index (χ1v) is 3.72. The van der Waals surface area contributed by atoms with Crippen LogP contribution in [0.4, 0.5) is 11.4 Å². The molecule has 0 aromatic heterocycles. The summed E-state index contributed by atoms with van der Waals surface area (Å²) in [6.45, 7) is 4.16. The Kier molecular flexibility index (Phi) is 2.36. The van der Waals surface area contributed by atoms with Gasteiger partial charge >= 0.3 is 0 Å². The first-order valence-electron chi connectivity index (χ1n) is 3.72. The molecule has 0 amide bonds. The molecule has 59 valence electrons. The number of nitrogens with one attached hydrogen (secondary N) is 1. The highest BCUT2D eigenvalue weighted by Gasteiger charge is 1.97. The average Bonchev–Trinajstić information content (AvgIpc) is 1.93. The number of nitrogens with two attached hydrogens (primary N) is 1. The first kappa shape index (κ1) is 7.92. The standard InChI is InChI=1S/C9H13N2/c1-7(2)11-9-6-4-3-5-8(9)10/h4-7,11H,10H2,1-2H3. The summed E-state index contributed by atoms with van der Waals surface area (Å²) in [5, 5.41) is 3.23. The third-order valence-corrected chi connectivity index (χ3v) is 1.34. The largest absolute Gasteiger partial charge is 0.397 e. The Balaban J connectivity index is 2.78. The van der Waals surface area contributed by atoms with Crippen LogP contribution in [0, 0.1) is 6.07 Å². The van der Waals surface area contributed by atoms with Gasteiger partial charge in [0.15, 0.2) is 0 Å². The SMILES string of the molecule is CC(C)Nc1cc[c]cc1N. The van der Waals surface area contributed by atoms with E-state index in [1.807, 2.05) is 12.1 Å². The maximum absolute atomic E-state index is 5.68. The lowest BCUT2D eigenvalue weighted by Crippen LogP contribution is -2.10. The molecule has 0 saturated carbocycles. The van der Waals surface area contributed by atoms with Crippen molar-refractivity contribution >= 4 is 11.4 Å². The average molecular weight is 149 g/mol. The quantitative estimate of drug-likeness (QED) is 0.630. The summed E-state index contributed by atoms with van der Waals surface area (Å²) in [4.78, 5) is 0. The van der Waals surface area contributed by atoms with Gasteiger partial charge in [-0.25, -0.2) is 0 Å². The van der Waals surface area contributed by atoms with Crippen LogP contribution in [-0.4, -0.2) is 6.04 Å². The van der Waals surface area contributed by atoms with Crippen LogP contribution >= 0.6 is 0 Å². The van der Waals surface area contributed by atoms with Crippen molar-refractivity contribution in [2.75, 3.05) is 11.1 Å². The normalized spacial score (nSPS) is 10.1. The van der Waals surface area contributed by atoms with E-state index >= 15 is 0 Å². The summed E-state index contributed by atoms with van der Waals surface area (Å²) in [5.74, 6) is 0. The highest BCUT2D eigenvalue weighted by molar-refractivity contribution is 5.65. The van der Waals surface area contributed by atoms with E-state index in [2.05, 4.69) is 25.2 Å². The van der Waals surface area contributed by atoms with E-state index < -0.39 is 0 Å². The molecular formula is C9H13N2. The molecule has 0 unspecified atom stereocenters. The van der Waals surface area contributed by atoms with Gasteiger partial charge in [-0.3, -0.25) is 0 Å². The monoisotopic (exact) mass is 149 g/mol. The molecule has 1 aromatic carbocycles. The summed E-state index contributed by atoms with van der Waals surface area (Å²) in [5.41, 5.74) is 7.41. The van der Waals surface area contributed by atoms with Crippen LogP contribution < -0.4 is 11.1 Å². The zero-order valence-electron chi connectivity index (χ0n) is 6.89. The van der Waals surface area contributed by atoms with E-state index in [0.717, 1.165) is 11.4 Å². The second kappa shape index (κ2) is 3.28. The van der Waals surface area contributed by atoms with Crippen LogP contribution in [0.15, 0.2) is 18.2 Å². The Bertz CT molecular complexity index is 231. The number of anilines is 2. The smallest absolute Gasteiger partial charge is 0.0576 e. The van der Waals surface area contributed by atoms with Crippen LogP contribution in [0.1, 0.15) is 13.8 Å². The van der Waals surface area contributed by atoms with Gasteiger partial charge in [0.05, 0.1) is 11.4 Å². The maximum Gasteiger partial charge on any atom is 0.0576 e. The highest BCUT2D eigenvalue weighted by atomic mass is 14.9. The lowest BCUT2D eigenvalue weighted by Gasteiger charge is -2.11. The van der Waals surface area contributed by atoms with Gasteiger partial charge in [0.25, 0.3) is 0 Å². The van der Waals surface area contributed by atoms with Gasteiger partial charge in [0.1, 0.15) is 0 Å². The zero-order chi connectivity index (χ0) is 8.27. The molecule has 0 heterocycles. The first-order chi connectivity index (χ1) is 5.20. The second-order valence-electron chi connectivity index (χ2n) is 2.81. The van der Waals surface area contributed by atoms with E-state index in [9.17, 15) is 0 Å². The van der Waals surface area contributed by atoms with Crippen molar-refractivity contribution in [3.63, 3.8) is 0 Å². The Morgan fingerprint density at radius 1 is 1.55 bits per heavy atom. The van der Waals surface area contributed by atoms with Crippen molar-refractivity contribution < 1.29 is 0 Å². The van der Waals surface area contributed by atoms with Crippen molar-refractivity contribution in [1.82, 2.24) is 0 Å². The van der Waals surface area contributed by atoms with E-state index in [4.69, 9.17) is 5.73 Å². The minimum atomic E-state index is 0.416. The molecule has 3 N–H and O–H groups in total. The number of hydrogen-bond acceptors (Lipinski definition) is 2. The summed E-state index contributed by atoms with van der Waals surface area (Å²) in [6, 6.07) is 8.87. The third-order valence-electron chi connectivity index (χ3n) is 1.34. The van der Waals surface area contributed by atoms with Crippen LogP contribution in [0.3, 0.4) is 0 Å². The summed E-state index contributed by atoms with van der Waals surface area (Å²) in [6.07, 6.45) is 0. The molecule has 0 aliphatic heterocycles. The predicted octanol–water partition coefficient (Wildman–Crippen LogP) is 1.89. The lowest BCUT2D eigenvalue weighted by atomic mass is 10.2. The fourth-order valence-electron chi connectivity index (χ4n) is 0.886. The molecule has 1 aromatic rings. The van der Waals surface area contributed by atoms with E-state index in [-0.39, 0.29) is 0 Å². The number of nitrogen functional groups attached to an aromatic ring is 1. The molecule has 0 fully saturated rings. The molecule has 2 nitrogen and oxygen atoms in total. The molecule has 11 heavy (non-hydrogen) atoms. The lowest BCUT2D eigenvalue weighted by molar-refractivity contribution is 0.900. The van der Waals surface area contributed by atoms with Crippen molar-refractivity contribution in [3.05, 3.63) is 24.3 Å². The molecule has 2 heteroatoms. The fraction of sp³-hybridized carbons (Fsp3) is 0.333. The van der Waals surface area contributed by atoms with Gasteiger partial charge in [-0.2, -0.15) is 0 Å². The Hall–Kier alpha value is -1.18. The van der Waals surface area contributed by atoms with Crippen LogP contribution in [0.2, 0.25) is 0 Å². The molecule has 0 spiro atoms. The minimum absolute atomic E-state index is 0.416. The molecule has 0 saturated heterocycles. The van der Waals surface area contributed by atoms with Crippen LogP contribution in [0.5, 0.6) is 0 Å². The van der Waals surface area contributed by atoms with E-state index in [0.29, 0.717) is 6.04 Å². The van der Waals surface area contributed by atoms with Gasteiger partial charge in [0.2, 0.25) is 0 Å². The summed E-state index contributed by atoms with van der Waals surface area (Å²) >= 11 is 0. The second-order valence-corrected chi connectivity index (χ2v) is 2.81. The molecule has 1 radical (unpaired) electrons. The molecular weight excluding hydrogens is 136 g/mol. The Morgan fingerprint density at radius 2 is 2.27 bits per heavy atom. The molecule has 0 atom stereocenters. The van der Waals surface area contributed by atoms with Gasteiger partial charge in [-0.05, 0) is 32.0 Å². The number of hydrogen-bond donors (Lipinski definition) is 2. The van der Waals surface area contributed by atoms with Crippen molar-refractivity contribution in [3.8, 4) is 0 Å². The zero-order valence-corrected chi connectivity index (χ0v) is 6.89. The number of benzene rings is 1. The molecule has 0 bridgehead atoms. The van der Waals surface area contributed by atoms with E-state index in [1.54, 1.807) is 6.07 Å². The summed E-state index contributed by atoms with van der Waals surface area (Å²) < 4.78 is 0. The minimum Gasteiger partial charge on any atom is -0.397 e. The predicted molar refractivity (Wildman–Crippen MR) is 48.4 cm³/mol. The highest BCUT2D eigenvalue weighted by Crippen LogP contribution is 2.16. The molecule has 0 aliphatic rings. The fourth-order valence-corrected chi connectivity index (χ4v) is 0.886. The van der Waals surface area contributed by atoms with Crippen LogP contribution in [0.25, 0.3) is 0 Å². The summed E-state index contributed by atoms with van der Waals surface area (Å²) in [7, 11) is 0. The van der Waals surface area contributed by atoms with Crippen molar-refractivity contribution in [2.24, 2.45) is 0 Å². The van der Waals surface area contributed by atoms with Gasteiger partial charge in [0, 0.05) is 6.04 Å². The maximum atomic E-state index is 5.68. The van der Waals surface area contributed by atoms with Crippen molar-refractivity contribution in [2.45, 2.75) is 19.9 Å². The third kappa shape index (κ3) is 2.15.